The number of carbonyl (C=O) groups excluding carboxylic acids is 1. The summed E-state index contributed by atoms with van der Waals surface area (Å²) in [5.74, 6) is -0.696. The molecule has 6 heteroatoms. The molecule has 1 N–H and O–H groups in total. The van der Waals surface area contributed by atoms with E-state index in [0.29, 0.717) is 22.5 Å². The van der Waals surface area contributed by atoms with Crippen molar-refractivity contribution in [2.45, 2.75) is 12.6 Å². The summed E-state index contributed by atoms with van der Waals surface area (Å²) < 4.78 is 6.52. The van der Waals surface area contributed by atoms with Gasteiger partial charge in [-0.25, -0.2) is 4.79 Å². The summed E-state index contributed by atoms with van der Waals surface area (Å²) >= 11 is 9.55. The number of fused-ring (bicyclic) bond motifs is 1. The van der Waals surface area contributed by atoms with Crippen LogP contribution in [0, 0.1) is 0 Å². The van der Waals surface area contributed by atoms with Crippen molar-refractivity contribution in [1.82, 2.24) is 4.57 Å². The Kier molecular flexibility index (Phi) is 4.50. The highest BCUT2D eigenvalue weighted by Crippen LogP contribution is 2.33. The van der Waals surface area contributed by atoms with Crippen molar-refractivity contribution in [3.63, 3.8) is 0 Å². The van der Waals surface area contributed by atoms with Crippen LogP contribution >= 0.6 is 27.5 Å². The number of benzene rings is 1. The number of aryl methyl sites for hydroxylation is 1. The molecule has 2 aromatic rings. The molecule has 2 rings (SSSR count). The third-order valence-electron chi connectivity index (χ3n) is 2.93. The van der Waals surface area contributed by atoms with E-state index in [4.69, 9.17) is 11.6 Å². The van der Waals surface area contributed by atoms with Crippen LogP contribution in [0.25, 0.3) is 10.9 Å². The van der Waals surface area contributed by atoms with E-state index >= 15 is 0 Å². The van der Waals surface area contributed by atoms with Gasteiger partial charge >= 0.3 is 5.97 Å². The predicted octanol–water partition coefficient (Wildman–Crippen LogP) is 2.90. The highest BCUT2D eigenvalue weighted by Gasteiger charge is 2.24. The van der Waals surface area contributed by atoms with Crippen LogP contribution in [0.15, 0.2) is 24.4 Å². The second kappa shape index (κ2) is 5.94. The molecule has 0 aliphatic rings. The Labute approximate surface area is 124 Å². The second-order valence-electron chi connectivity index (χ2n) is 4.03. The number of halogens is 2. The number of aliphatic hydroxyl groups excluding tert-OH is 1. The number of aliphatic hydroxyl groups is 1. The standard InChI is InChI=1S/C13H13BrClNO3/c1-19-13(18)12(17)8-7-16(6-5-14)10-4-2-3-9(15)11(8)10/h2-4,7,12,17H,5-6H2,1H3. The molecule has 0 amide bonds. The van der Waals surface area contributed by atoms with E-state index in [1.807, 2.05) is 16.7 Å². The van der Waals surface area contributed by atoms with Crippen molar-refractivity contribution in [2.24, 2.45) is 0 Å². The number of rotatable bonds is 4. The molecule has 1 unspecified atom stereocenters. The monoisotopic (exact) mass is 345 g/mol. The SMILES string of the molecule is COC(=O)C(O)c1cn(CCBr)c2cccc(Cl)c12. The van der Waals surface area contributed by atoms with Gasteiger partial charge in [-0.1, -0.05) is 33.6 Å². The first-order valence-corrected chi connectivity index (χ1v) is 7.19. The van der Waals surface area contributed by atoms with Crippen LogP contribution in [0.1, 0.15) is 11.7 Å². The zero-order valence-corrected chi connectivity index (χ0v) is 12.6. The van der Waals surface area contributed by atoms with Crippen molar-refractivity contribution in [3.05, 3.63) is 35.0 Å². The van der Waals surface area contributed by atoms with Gasteiger partial charge in [-0.05, 0) is 12.1 Å². The molecule has 0 fully saturated rings. The molecule has 0 aliphatic carbocycles. The molecule has 19 heavy (non-hydrogen) atoms. The molecule has 0 saturated heterocycles. The van der Waals surface area contributed by atoms with Crippen molar-refractivity contribution < 1.29 is 14.6 Å². The number of methoxy groups -OCH3 is 1. The van der Waals surface area contributed by atoms with Crippen LogP contribution in [0.2, 0.25) is 5.02 Å². The zero-order chi connectivity index (χ0) is 14.0. The van der Waals surface area contributed by atoms with Gasteiger partial charge in [0.05, 0.1) is 12.1 Å². The fourth-order valence-electron chi connectivity index (χ4n) is 2.06. The molecular weight excluding hydrogens is 334 g/mol. The first-order valence-electron chi connectivity index (χ1n) is 5.69. The highest BCUT2D eigenvalue weighted by atomic mass is 79.9. The second-order valence-corrected chi connectivity index (χ2v) is 5.23. The van der Waals surface area contributed by atoms with E-state index in [1.165, 1.54) is 7.11 Å². The number of hydrogen-bond acceptors (Lipinski definition) is 3. The lowest BCUT2D eigenvalue weighted by atomic mass is 10.1. The molecule has 1 heterocycles. The van der Waals surface area contributed by atoms with Gasteiger partial charge < -0.3 is 14.4 Å². The van der Waals surface area contributed by atoms with E-state index in [0.717, 1.165) is 10.8 Å². The quantitative estimate of drug-likeness (QED) is 0.684. The van der Waals surface area contributed by atoms with E-state index in [-0.39, 0.29) is 0 Å². The third kappa shape index (κ3) is 2.63. The Hall–Kier alpha value is -1.04. The van der Waals surface area contributed by atoms with Crippen molar-refractivity contribution >= 4 is 44.4 Å². The summed E-state index contributed by atoms with van der Waals surface area (Å²) in [4.78, 5) is 11.5. The number of hydrogen-bond donors (Lipinski definition) is 1. The third-order valence-corrected chi connectivity index (χ3v) is 3.60. The molecular formula is C13H13BrClNO3. The molecule has 1 aromatic carbocycles. The van der Waals surface area contributed by atoms with Gasteiger partial charge in [0.25, 0.3) is 0 Å². The smallest absolute Gasteiger partial charge is 0.339 e. The van der Waals surface area contributed by atoms with E-state index in [1.54, 1.807) is 12.3 Å². The minimum Gasteiger partial charge on any atom is -0.467 e. The maximum atomic E-state index is 11.5. The lowest BCUT2D eigenvalue weighted by molar-refractivity contribution is -0.150. The minimum atomic E-state index is -1.33. The molecule has 1 aromatic heterocycles. The van der Waals surface area contributed by atoms with Crippen LogP contribution in [0.4, 0.5) is 0 Å². The number of carbonyl (C=O) groups is 1. The van der Waals surface area contributed by atoms with Gasteiger partial charge in [0.1, 0.15) is 0 Å². The van der Waals surface area contributed by atoms with Crippen LogP contribution in [0.3, 0.4) is 0 Å². The highest BCUT2D eigenvalue weighted by molar-refractivity contribution is 9.09. The van der Waals surface area contributed by atoms with Gasteiger partial charge in [-0.3, -0.25) is 0 Å². The van der Waals surface area contributed by atoms with E-state index < -0.39 is 12.1 Å². The average molecular weight is 347 g/mol. The van der Waals surface area contributed by atoms with Gasteiger partial charge in [0.2, 0.25) is 0 Å². The van der Waals surface area contributed by atoms with E-state index in [2.05, 4.69) is 20.7 Å². The average Bonchev–Trinajstić information content (AvgIpc) is 2.78. The number of esters is 1. The van der Waals surface area contributed by atoms with Gasteiger partial charge in [0, 0.05) is 34.5 Å². The Morgan fingerprint density at radius 2 is 2.32 bits per heavy atom. The molecule has 0 saturated carbocycles. The fraction of sp³-hybridized carbons (Fsp3) is 0.308. The summed E-state index contributed by atoms with van der Waals surface area (Å²) in [5, 5.41) is 12.0. The van der Waals surface area contributed by atoms with Gasteiger partial charge in [0.15, 0.2) is 6.10 Å². The minimum absolute atomic E-state index is 0.466. The van der Waals surface area contributed by atoms with Crippen LogP contribution in [0.5, 0.6) is 0 Å². The zero-order valence-electron chi connectivity index (χ0n) is 10.3. The Bertz CT molecular complexity index is 611. The Morgan fingerprint density at radius 1 is 1.58 bits per heavy atom. The lowest BCUT2D eigenvalue weighted by Crippen LogP contribution is -2.13. The summed E-state index contributed by atoms with van der Waals surface area (Å²) in [6.07, 6.45) is 0.406. The molecule has 0 aliphatic heterocycles. The first-order chi connectivity index (χ1) is 9.10. The maximum Gasteiger partial charge on any atom is 0.339 e. The summed E-state index contributed by atoms with van der Waals surface area (Å²) in [7, 11) is 1.24. The van der Waals surface area contributed by atoms with Crippen molar-refractivity contribution in [1.29, 1.82) is 0 Å². The van der Waals surface area contributed by atoms with E-state index in [9.17, 15) is 9.90 Å². The summed E-state index contributed by atoms with van der Waals surface area (Å²) in [6, 6.07) is 5.47. The van der Waals surface area contributed by atoms with Gasteiger partial charge in [-0.2, -0.15) is 0 Å². The summed E-state index contributed by atoms with van der Waals surface area (Å²) in [6.45, 7) is 0.713. The molecule has 1 atom stereocenters. The fourth-order valence-corrected chi connectivity index (χ4v) is 2.72. The Morgan fingerprint density at radius 3 is 2.95 bits per heavy atom. The van der Waals surface area contributed by atoms with Gasteiger partial charge in [-0.15, -0.1) is 0 Å². The topological polar surface area (TPSA) is 51.5 Å². The van der Waals surface area contributed by atoms with Crippen LogP contribution in [-0.2, 0) is 16.1 Å². The molecule has 102 valence electrons. The number of aromatic nitrogens is 1. The summed E-state index contributed by atoms with van der Waals surface area (Å²) in [5.41, 5.74) is 1.35. The van der Waals surface area contributed by atoms with Crippen molar-refractivity contribution in [3.8, 4) is 0 Å². The van der Waals surface area contributed by atoms with Crippen molar-refractivity contribution in [2.75, 3.05) is 12.4 Å². The van der Waals surface area contributed by atoms with Crippen LogP contribution in [-0.4, -0.2) is 28.1 Å². The normalized spacial score (nSPS) is 12.6. The molecule has 0 bridgehead atoms. The van der Waals surface area contributed by atoms with Crippen LogP contribution < -0.4 is 0 Å². The predicted molar refractivity (Wildman–Crippen MR) is 77.7 cm³/mol. The number of ether oxygens (including phenoxy) is 1. The number of alkyl halides is 1. The lowest BCUT2D eigenvalue weighted by Gasteiger charge is -2.07. The maximum absolute atomic E-state index is 11.5. The molecule has 0 spiro atoms. The number of nitrogens with zero attached hydrogens (tertiary/aromatic N) is 1. The largest absolute Gasteiger partial charge is 0.467 e. The first kappa shape index (κ1) is 14.4. The Balaban J connectivity index is 2.63. The molecule has 4 nitrogen and oxygen atoms in total. The molecule has 0 radical (unpaired) electrons.